The number of rotatable bonds is 16. The summed E-state index contributed by atoms with van der Waals surface area (Å²) in [4.78, 5) is 31.7. The second kappa shape index (κ2) is 15.6. The summed E-state index contributed by atoms with van der Waals surface area (Å²) in [6.45, 7) is 6.38. The summed E-state index contributed by atoms with van der Waals surface area (Å²) >= 11 is 0. The normalized spacial score (nSPS) is 23.6. The lowest BCUT2D eigenvalue weighted by atomic mass is 9.94. The van der Waals surface area contributed by atoms with Crippen molar-refractivity contribution in [1.29, 1.82) is 0 Å². The Morgan fingerprint density at radius 2 is 1.34 bits per heavy atom. The second-order valence-corrected chi connectivity index (χ2v) is 9.32. The lowest BCUT2D eigenvalue weighted by Gasteiger charge is -2.48. The molecule has 38 heavy (non-hydrogen) atoms. The fourth-order valence-electron chi connectivity index (χ4n) is 4.41. The first kappa shape index (κ1) is 30.6. The van der Waals surface area contributed by atoms with Gasteiger partial charge in [-0.3, -0.25) is 0 Å². The molecule has 1 aliphatic heterocycles. The summed E-state index contributed by atoms with van der Waals surface area (Å²) in [5.74, 6) is -1.00. The number of hydrogen-bond acceptors (Lipinski definition) is 10. The van der Waals surface area contributed by atoms with Crippen LogP contribution in [0.1, 0.15) is 31.9 Å². The van der Waals surface area contributed by atoms with E-state index in [4.69, 9.17) is 48.3 Å². The summed E-state index contributed by atoms with van der Waals surface area (Å²) in [5.41, 5.74) is 2.04. The largest absolute Gasteiger partial charge is 0.374 e. The first-order valence-electron chi connectivity index (χ1n) is 12.6. The predicted molar refractivity (Wildman–Crippen MR) is 136 cm³/mol. The van der Waals surface area contributed by atoms with Crippen molar-refractivity contribution in [1.82, 2.24) is 0 Å². The third-order valence-corrected chi connectivity index (χ3v) is 6.00. The van der Waals surface area contributed by atoms with Gasteiger partial charge in [-0.2, -0.15) is 0 Å². The van der Waals surface area contributed by atoms with Crippen LogP contribution in [0.3, 0.4) is 0 Å². The van der Waals surface area contributed by atoms with Gasteiger partial charge in [-0.15, -0.1) is 0 Å². The molecule has 0 saturated carbocycles. The van der Waals surface area contributed by atoms with Gasteiger partial charge >= 0.3 is 0 Å². The maximum absolute atomic E-state index is 6.45. The zero-order valence-corrected chi connectivity index (χ0v) is 22.9. The van der Waals surface area contributed by atoms with Crippen LogP contribution < -0.4 is 0 Å². The van der Waals surface area contributed by atoms with Crippen molar-refractivity contribution in [2.24, 2.45) is 0 Å². The molecular formula is C28H40O10. The smallest absolute Gasteiger partial charge is 0.164 e. The fourth-order valence-corrected chi connectivity index (χ4v) is 4.41. The van der Waals surface area contributed by atoms with Crippen molar-refractivity contribution in [2.45, 2.75) is 76.4 Å². The monoisotopic (exact) mass is 536 g/mol. The molecule has 0 aromatic heterocycles. The Kier molecular flexibility index (Phi) is 12.5. The molecule has 0 amide bonds. The van der Waals surface area contributed by atoms with Crippen LogP contribution >= 0.6 is 0 Å². The van der Waals surface area contributed by atoms with Crippen LogP contribution in [0.4, 0.5) is 0 Å². The van der Waals surface area contributed by atoms with Gasteiger partial charge in [0.15, 0.2) is 18.0 Å². The van der Waals surface area contributed by atoms with Crippen molar-refractivity contribution in [3.05, 3.63) is 71.8 Å². The van der Waals surface area contributed by atoms with Crippen molar-refractivity contribution >= 4 is 0 Å². The highest BCUT2D eigenvalue weighted by molar-refractivity contribution is 5.14. The minimum atomic E-state index is -1.00. The van der Waals surface area contributed by atoms with Crippen LogP contribution in [0.25, 0.3) is 0 Å². The van der Waals surface area contributed by atoms with Crippen LogP contribution in [-0.2, 0) is 61.5 Å². The van der Waals surface area contributed by atoms with E-state index in [9.17, 15) is 0 Å². The maximum atomic E-state index is 6.45. The van der Waals surface area contributed by atoms with E-state index >= 15 is 0 Å². The first-order valence-corrected chi connectivity index (χ1v) is 12.6. The lowest BCUT2D eigenvalue weighted by Crippen LogP contribution is -2.63. The van der Waals surface area contributed by atoms with Crippen LogP contribution in [0.5, 0.6) is 0 Å². The molecule has 0 aliphatic carbocycles. The Balaban J connectivity index is 1.89. The second-order valence-electron chi connectivity index (χ2n) is 9.32. The molecule has 0 spiro atoms. The zero-order chi connectivity index (χ0) is 27.4. The molecule has 10 nitrogen and oxygen atoms in total. The zero-order valence-electron chi connectivity index (χ0n) is 22.9. The average Bonchev–Trinajstić information content (AvgIpc) is 2.91. The molecule has 1 fully saturated rings. The summed E-state index contributed by atoms with van der Waals surface area (Å²) in [6, 6.07) is 19.8. The van der Waals surface area contributed by atoms with Crippen LogP contribution in [0.15, 0.2) is 60.7 Å². The van der Waals surface area contributed by atoms with Gasteiger partial charge in [-0.25, -0.2) is 29.3 Å². The van der Waals surface area contributed by atoms with E-state index in [0.29, 0.717) is 13.2 Å². The molecule has 10 heteroatoms. The van der Waals surface area contributed by atoms with Gasteiger partial charge in [0.1, 0.15) is 24.4 Å². The van der Waals surface area contributed by atoms with Crippen LogP contribution in [0, 0.1) is 0 Å². The third-order valence-electron chi connectivity index (χ3n) is 6.00. The maximum Gasteiger partial charge on any atom is 0.164 e. The quantitative estimate of drug-likeness (QED) is 0.230. The Bertz CT molecular complexity index is 897. The molecule has 212 valence electrons. The molecule has 0 bridgehead atoms. The van der Waals surface area contributed by atoms with E-state index < -0.39 is 42.4 Å². The minimum absolute atomic E-state index is 0.247. The van der Waals surface area contributed by atoms with Gasteiger partial charge in [0.2, 0.25) is 0 Å². The average molecular weight is 537 g/mol. The van der Waals surface area contributed by atoms with Crippen molar-refractivity contribution < 1.29 is 48.3 Å². The number of hydrogen-bond donors (Lipinski definition) is 0. The molecule has 2 aromatic rings. The first-order chi connectivity index (χ1) is 18.4. The molecule has 0 N–H and O–H groups in total. The molecule has 1 aliphatic rings. The molecule has 0 radical (unpaired) electrons. The SMILES string of the molecule is COOC(C)[C@H](OOC)[C@@H](OOC)[C@@H]1OC(C)(C)O[C@H](COCc2ccccc2)[C@H]1OCc1ccccc1. The highest BCUT2D eigenvalue weighted by Gasteiger charge is 2.52. The van der Waals surface area contributed by atoms with E-state index in [1.54, 1.807) is 6.92 Å². The van der Waals surface area contributed by atoms with E-state index in [1.807, 2.05) is 74.5 Å². The molecule has 1 saturated heterocycles. The highest BCUT2D eigenvalue weighted by atomic mass is 17.2. The van der Waals surface area contributed by atoms with Crippen LogP contribution in [-0.4, -0.2) is 70.3 Å². The lowest BCUT2D eigenvalue weighted by molar-refractivity contribution is -0.442. The molecular weight excluding hydrogens is 496 g/mol. The van der Waals surface area contributed by atoms with Gasteiger partial charge in [0.05, 0.1) is 41.2 Å². The highest BCUT2D eigenvalue weighted by Crippen LogP contribution is 2.35. The summed E-state index contributed by atoms with van der Waals surface area (Å²) in [6.07, 6.45) is -4.22. The Morgan fingerprint density at radius 3 is 1.92 bits per heavy atom. The van der Waals surface area contributed by atoms with Crippen molar-refractivity contribution in [3.8, 4) is 0 Å². The van der Waals surface area contributed by atoms with Gasteiger partial charge in [0, 0.05) is 0 Å². The Labute approximate surface area is 224 Å². The van der Waals surface area contributed by atoms with Gasteiger partial charge in [0.25, 0.3) is 0 Å². The topological polar surface area (TPSA) is 92.3 Å². The van der Waals surface area contributed by atoms with Crippen molar-refractivity contribution in [2.75, 3.05) is 27.9 Å². The number of ether oxygens (including phenoxy) is 4. The van der Waals surface area contributed by atoms with Crippen LogP contribution in [0.2, 0.25) is 0 Å². The van der Waals surface area contributed by atoms with E-state index in [0.717, 1.165) is 11.1 Å². The van der Waals surface area contributed by atoms with Crippen molar-refractivity contribution in [3.63, 3.8) is 0 Å². The molecule has 3 rings (SSSR count). The molecule has 2 aromatic carbocycles. The summed E-state index contributed by atoms with van der Waals surface area (Å²) in [7, 11) is 4.21. The predicted octanol–water partition coefficient (Wildman–Crippen LogP) is 4.17. The number of benzene rings is 2. The van der Waals surface area contributed by atoms with Gasteiger partial charge in [-0.1, -0.05) is 60.7 Å². The summed E-state index contributed by atoms with van der Waals surface area (Å²) in [5, 5.41) is 0. The minimum Gasteiger partial charge on any atom is -0.374 e. The standard InChI is InChI=1S/C28H40O10/c1-20(36-29-4)24(37-30-5)27(38-31-6)26-25(33-18-22-15-11-8-12-16-22)23(34-28(2,3)35-26)19-32-17-21-13-9-7-10-14-21/h7-16,20,23-27H,17-19H2,1-6H3/t20?,23-,24+,25-,26-,27-/m1/s1. The van der Waals surface area contributed by atoms with E-state index in [2.05, 4.69) is 0 Å². The van der Waals surface area contributed by atoms with E-state index in [1.165, 1.54) is 21.3 Å². The third kappa shape index (κ3) is 9.06. The Hall–Kier alpha value is -1.96. The van der Waals surface area contributed by atoms with E-state index in [-0.39, 0.29) is 6.61 Å². The molecule has 6 atom stereocenters. The molecule has 1 unspecified atom stereocenters. The van der Waals surface area contributed by atoms with Gasteiger partial charge < -0.3 is 18.9 Å². The summed E-state index contributed by atoms with van der Waals surface area (Å²) < 4.78 is 25.3. The molecule has 1 heterocycles. The van der Waals surface area contributed by atoms with Gasteiger partial charge in [-0.05, 0) is 31.9 Å². The Morgan fingerprint density at radius 1 is 0.763 bits per heavy atom. The fraction of sp³-hybridized carbons (Fsp3) is 0.571.